The van der Waals surface area contributed by atoms with Crippen LogP contribution in [-0.4, -0.2) is 39.9 Å². The molecule has 0 saturated heterocycles. The molecule has 0 unspecified atom stereocenters. The van der Waals surface area contributed by atoms with Gasteiger partial charge in [-0.3, -0.25) is 0 Å². The van der Waals surface area contributed by atoms with Crippen molar-refractivity contribution in [3.05, 3.63) is 17.7 Å². The first-order valence-corrected chi connectivity index (χ1v) is 7.39. The van der Waals surface area contributed by atoms with Crippen LogP contribution in [0, 0.1) is 0 Å². The van der Waals surface area contributed by atoms with Gasteiger partial charge in [0.15, 0.2) is 17.5 Å². The minimum atomic E-state index is 0.310. The molecule has 124 valence electrons. The van der Waals surface area contributed by atoms with Crippen LogP contribution >= 0.6 is 0 Å². The van der Waals surface area contributed by atoms with Crippen LogP contribution in [0.1, 0.15) is 26.3 Å². The summed E-state index contributed by atoms with van der Waals surface area (Å²) in [5, 5.41) is 6.50. The van der Waals surface area contributed by atoms with Crippen molar-refractivity contribution in [3.63, 3.8) is 0 Å². The van der Waals surface area contributed by atoms with Crippen LogP contribution in [0.4, 0.5) is 0 Å². The molecular weight excluding hydrogens is 282 g/mol. The van der Waals surface area contributed by atoms with Gasteiger partial charge in [-0.2, -0.15) is 0 Å². The van der Waals surface area contributed by atoms with Gasteiger partial charge in [-0.05, 0) is 26.8 Å². The summed E-state index contributed by atoms with van der Waals surface area (Å²) in [4.78, 5) is 4.58. The van der Waals surface area contributed by atoms with E-state index in [0.29, 0.717) is 24.1 Å². The van der Waals surface area contributed by atoms with Gasteiger partial charge < -0.3 is 24.8 Å². The Balaban J connectivity index is 3.03. The number of ether oxygens (including phenoxy) is 3. The fourth-order valence-corrected chi connectivity index (χ4v) is 1.97. The molecule has 0 saturated carbocycles. The van der Waals surface area contributed by atoms with Crippen molar-refractivity contribution in [1.82, 2.24) is 10.6 Å². The topological polar surface area (TPSA) is 64.1 Å². The molecule has 0 aliphatic carbocycles. The van der Waals surface area contributed by atoms with Crippen molar-refractivity contribution in [2.24, 2.45) is 4.99 Å². The lowest BCUT2D eigenvalue weighted by Crippen LogP contribution is -2.41. The Bertz CT molecular complexity index is 502. The lowest BCUT2D eigenvalue weighted by molar-refractivity contribution is 0.347. The van der Waals surface area contributed by atoms with E-state index < -0.39 is 0 Å². The highest BCUT2D eigenvalue weighted by Crippen LogP contribution is 2.34. The van der Waals surface area contributed by atoms with Crippen LogP contribution < -0.4 is 24.8 Å². The molecule has 0 atom stereocenters. The van der Waals surface area contributed by atoms with Gasteiger partial charge >= 0.3 is 0 Å². The summed E-state index contributed by atoms with van der Waals surface area (Å²) in [5.41, 5.74) is 0.932. The van der Waals surface area contributed by atoms with Crippen LogP contribution in [-0.2, 0) is 6.54 Å². The number of rotatable bonds is 7. The van der Waals surface area contributed by atoms with Gasteiger partial charge in [0.1, 0.15) is 5.75 Å². The van der Waals surface area contributed by atoms with Crippen molar-refractivity contribution in [2.75, 3.05) is 27.9 Å². The first-order chi connectivity index (χ1) is 10.5. The Morgan fingerprint density at radius 1 is 1.05 bits per heavy atom. The average molecular weight is 309 g/mol. The molecule has 6 heteroatoms. The third-order valence-corrected chi connectivity index (χ3v) is 2.96. The zero-order valence-electron chi connectivity index (χ0n) is 14.3. The number of methoxy groups -OCH3 is 3. The quantitative estimate of drug-likeness (QED) is 0.597. The average Bonchev–Trinajstić information content (AvgIpc) is 2.51. The summed E-state index contributed by atoms with van der Waals surface area (Å²) in [6.45, 7) is 7.47. The highest BCUT2D eigenvalue weighted by molar-refractivity contribution is 5.80. The summed E-state index contributed by atoms with van der Waals surface area (Å²) in [6, 6.07) is 4.01. The number of nitrogens with one attached hydrogen (secondary N) is 2. The monoisotopic (exact) mass is 309 g/mol. The molecule has 6 nitrogen and oxygen atoms in total. The fraction of sp³-hybridized carbons (Fsp3) is 0.562. The molecule has 2 N–H and O–H groups in total. The number of nitrogens with zero attached hydrogens (tertiary/aromatic N) is 1. The normalized spacial score (nSPS) is 11.3. The standard InChI is InChI=1S/C16H27N3O3/c1-7-17-16(19-11(2)3)18-10-12-8-14(21-5)15(22-6)9-13(12)20-4/h8-9,11H,7,10H2,1-6H3,(H2,17,18,19). The lowest BCUT2D eigenvalue weighted by atomic mass is 10.1. The zero-order valence-corrected chi connectivity index (χ0v) is 14.3. The van der Waals surface area contributed by atoms with E-state index in [1.165, 1.54) is 0 Å². The molecule has 0 bridgehead atoms. The first kappa shape index (κ1) is 17.9. The number of hydrogen-bond donors (Lipinski definition) is 2. The number of guanidine groups is 1. The second kappa shape index (κ2) is 9.02. The number of benzene rings is 1. The number of hydrogen-bond acceptors (Lipinski definition) is 4. The molecule has 0 aliphatic heterocycles. The molecule has 0 aromatic heterocycles. The molecule has 0 fully saturated rings. The second-order valence-electron chi connectivity index (χ2n) is 5.01. The van der Waals surface area contributed by atoms with E-state index in [-0.39, 0.29) is 0 Å². The minimum absolute atomic E-state index is 0.310. The van der Waals surface area contributed by atoms with Gasteiger partial charge in [0.2, 0.25) is 0 Å². The molecule has 1 aromatic carbocycles. The number of aliphatic imine (C=N–C) groups is 1. The van der Waals surface area contributed by atoms with Crippen LogP contribution in [0.15, 0.2) is 17.1 Å². The smallest absolute Gasteiger partial charge is 0.191 e. The Hall–Kier alpha value is -2.11. The van der Waals surface area contributed by atoms with Gasteiger partial charge in [0, 0.05) is 24.2 Å². The Kier molecular flexibility index (Phi) is 7.36. The fourth-order valence-electron chi connectivity index (χ4n) is 1.97. The van der Waals surface area contributed by atoms with E-state index in [4.69, 9.17) is 14.2 Å². The van der Waals surface area contributed by atoms with E-state index in [2.05, 4.69) is 29.5 Å². The second-order valence-corrected chi connectivity index (χ2v) is 5.01. The van der Waals surface area contributed by atoms with E-state index in [1.54, 1.807) is 21.3 Å². The Labute approximate surface area is 132 Å². The van der Waals surface area contributed by atoms with Crippen LogP contribution in [0.5, 0.6) is 17.2 Å². The molecule has 1 rings (SSSR count). The van der Waals surface area contributed by atoms with E-state index in [9.17, 15) is 0 Å². The van der Waals surface area contributed by atoms with Crippen molar-refractivity contribution < 1.29 is 14.2 Å². The largest absolute Gasteiger partial charge is 0.496 e. The third kappa shape index (κ3) is 5.02. The maximum atomic E-state index is 5.42. The van der Waals surface area contributed by atoms with Crippen molar-refractivity contribution in [3.8, 4) is 17.2 Å². The predicted octanol–water partition coefficient (Wildman–Crippen LogP) is 2.18. The molecule has 0 aliphatic rings. The molecular formula is C16H27N3O3. The van der Waals surface area contributed by atoms with Gasteiger partial charge in [0.25, 0.3) is 0 Å². The molecule has 0 spiro atoms. The van der Waals surface area contributed by atoms with E-state index in [0.717, 1.165) is 23.8 Å². The van der Waals surface area contributed by atoms with Crippen LogP contribution in [0.25, 0.3) is 0 Å². The third-order valence-electron chi connectivity index (χ3n) is 2.96. The summed E-state index contributed by atoms with van der Waals surface area (Å²) < 4.78 is 16.0. The van der Waals surface area contributed by atoms with Gasteiger partial charge in [0.05, 0.1) is 27.9 Å². The predicted molar refractivity (Wildman–Crippen MR) is 89.2 cm³/mol. The van der Waals surface area contributed by atoms with Crippen molar-refractivity contribution in [2.45, 2.75) is 33.4 Å². The summed E-state index contributed by atoms with van der Waals surface area (Å²) in [5.74, 6) is 2.80. The van der Waals surface area contributed by atoms with Crippen molar-refractivity contribution in [1.29, 1.82) is 0 Å². The maximum absolute atomic E-state index is 5.42. The first-order valence-electron chi connectivity index (χ1n) is 7.39. The summed E-state index contributed by atoms with van der Waals surface area (Å²) >= 11 is 0. The summed E-state index contributed by atoms with van der Waals surface area (Å²) in [7, 11) is 4.85. The molecule has 1 aromatic rings. The zero-order chi connectivity index (χ0) is 16.5. The maximum Gasteiger partial charge on any atom is 0.191 e. The minimum Gasteiger partial charge on any atom is -0.496 e. The molecule has 0 radical (unpaired) electrons. The lowest BCUT2D eigenvalue weighted by Gasteiger charge is -2.15. The Morgan fingerprint density at radius 3 is 2.14 bits per heavy atom. The molecule has 0 amide bonds. The van der Waals surface area contributed by atoms with Gasteiger partial charge in [-0.15, -0.1) is 0 Å². The molecule has 22 heavy (non-hydrogen) atoms. The highest BCUT2D eigenvalue weighted by atomic mass is 16.5. The van der Waals surface area contributed by atoms with E-state index in [1.807, 2.05) is 19.1 Å². The van der Waals surface area contributed by atoms with Crippen LogP contribution in [0.3, 0.4) is 0 Å². The van der Waals surface area contributed by atoms with Crippen LogP contribution in [0.2, 0.25) is 0 Å². The SMILES string of the molecule is CCNC(=NCc1cc(OC)c(OC)cc1OC)NC(C)C. The van der Waals surface area contributed by atoms with E-state index >= 15 is 0 Å². The van der Waals surface area contributed by atoms with Gasteiger partial charge in [-0.1, -0.05) is 0 Å². The summed E-state index contributed by atoms with van der Waals surface area (Å²) in [6.07, 6.45) is 0. The highest BCUT2D eigenvalue weighted by Gasteiger charge is 2.12. The van der Waals surface area contributed by atoms with Crippen molar-refractivity contribution >= 4 is 5.96 Å². The Morgan fingerprint density at radius 2 is 1.64 bits per heavy atom. The van der Waals surface area contributed by atoms with Gasteiger partial charge in [-0.25, -0.2) is 4.99 Å². The molecule has 0 heterocycles.